The quantitative estimate of drug-likeness (QED) is 0.540. The number of aromatic nitrogens is 1. The number of carbonyl (C=O) groups excluding carboxylic acids is 2. The molecule has 7 nitrogen and oxygen atoms in total. The normalized spacial score (nSPS) is 10.3. The fourth-order valence-corrected chi connectivity index (χ4v) is 2.44. The van der Waals surface area contributed by atoms with Gasteiger partial charge in [-0.25, -0.2) is 10.2 Å². The maximum Gasteiger partial charge on any atom is 0.337 e. The summed E-state index contributed by atoms with van der Waals surface area (Å²) in [6, 6.07) is 14.8. The van der Waals surface area contributed by atoms with Crippen molar-refractivity contribution in [2.75, 3.05) is 5.32 Å². The first-order valence-corrected chi connectivity index (χ1v) is 7.59. The molecule has 1 aromatic heterocycles. The maximum absolute atomic E-state index is 12.3. The van der Waals surface area contributed by atoms with E-state index in [2.05, 4.69) is 21.2 Å². The Bertz CT molecular complexity index is 1010. The van der Waals surface area contributed by atoms with Gasteiger partial charge in [0.1, 0.15) is 0 Å². The van der Waals surface area contributed by atoms with Gasteiger partial charge in [0.05, 0.1) is 5.56 Å². The van der Waals surface area contributed by atoms with Crippen LogP contribution in [0.15, 0.2) is 59.4 Å². The zero-order valence-corrected chi connectivity index (χ0v) is 13.4. The Hall–Kier alpha value is -3.61. The lowest BCUT2D eigenvalue weighted by molar-refractivity contribution is 0.0939. The summed E-state index contributed by atoms with van der Waals surface area (Å²) in [4.78, 5) is 38.6. The molecule has 0 saturated heterocycles. The van der Waals surface area contributed by atoms with Crippen molar-refractivity contribution in [2.45, 2.75) is 6.92 Å². The molecule has 3 aromatic rings. The van der Waals surface area contributed by atoms with Crippen molar-refractivity contribution in [3.63, 3.8) is 0 Å². The van der Waals surface area contributed by atoms with Crippen LogP contribution in [0.5, 0.6) is 0 Å². The molecule has 0 atom stereocenters. The van der Waals surface area contributed by atoms with Crippen LogP contribution in [0.25, 0.3) is 10.9 Å². The van der Waals surface area contributed by atoms with Crippen LogP contribution < -0.4 is 21.7 Å². The second-order valence-electron chi connectivity index (χ2n) is 5.44. The van der Waals surface area contributed by atoms with Crippen molar-refractivity contribution in [1.82, 2.24) is 15.8 Å². The molecule has 0 aliphatic carbocycles. The van der Waals surface area contributed by atoms with E-state index in [4.69, 9.17) is 0 Å². The number of hydrogen-bond acceptors (Lipinski definition) is 3. The van der Waals surface area contributed by atoms with E-state index in [0.717, 1.165) is 5.56 Å². The minimum atomic E-state index is -0.586. The molecule has 25 heavy (non-hydrogen) atoms. The average Bonchev–Trinajstić information content (AvgIpc) is 2.61. The lowest BCUT2D eigenvalue weighted by atomic mass is 10.1. The Morgan fingerprint density at radius 3 is 2.48 bits per heavy atom. The van der Waals surface area contributed by atoms with E-state index >= 15 is 0 Å². The predicted octanol–water partition coefficient (Wildman–Crippen LogP) is 2.30. The van der Waals surface area contributed by atoms with Crippen LogP contribution in [0.4, 0.5) is 10.5 Å². The van der Waals surface area contributed by atoms with E-state index in [1.54, 1.807) is 36.4 Å². The summed E-state index contributed by atoms with van der Waals surface area (Å²) in [7, 11) is 0. The van der Waals surface area contributed by atoms with Crippen LogP contribution in [0, 0.1) is 6.92 Å². The highest BCUT2D eigenvalue weighted by atomic mass is 16.2. The van der Waals surface area contributed by atoms with E-state index in [1.165, 1.54) is 6.07 Å². The zero-order valence-electron chi connectivity index (χ0n) is 13.4. The minimum Gasteiger partial charge on any atom is -0.322 e. The van der Waals surface area contributed by atoms with Crippen molar-refractivity contribution in [1.29, 1.82) is 0 Å². The number of fused-ring (bicyclic) bond motifs is 1. The molecular weight excluding hydrogens is 320 g/mol. The van der Waals surface area contributed by atoms with Crippen molar-refractivity contribution in [3.05, 3.63) is 76.1 Å². The van der Waals surface area contributed by atoms with E-state index in [0.29, 0.717) is 16.6 Å². The molecule has 0 aliphatic rings. The van der Waals surface area contributed by atoms with Gasteiger partial charge >= 0.3 is 6.03 Å². The highest BCUT2D eigenvalue weighted by molar-refractivity contribution is 6.06. The van der Waals surface area contributed by atoms with Gasteiger partial charge in [-0.1, -0.05) is 36.4 Å². The first-order chi connectivity index (χ1) is 12.0. The van der Waals surface area contributed by atoms with Gasteiger partial charge in [-0.3, -0.25) is 15.0 Å². The lowest BCUT2D eigenvalue weighted by Gasteiger charge is -2.11. The summed E-state index contributed by atoms with van der Waals surface area (Å²) in [6.07, 6.45) is 0. The molecule has 2 aromatic carbocycles. The van der Waals surface area contributed by atoms with Gasteiger partial charge < -0.3 is 10.3 Å². The molecule has 0 radical (unpaired) electrons. The van der Waals surface area contributed by atoms with Crippen molar-refractivity contribution < 1.29 is 9.59 Å². The largest absolute Gasteiger partial charge is 0.337 e. The number of aromatic amines is 1. The summed E-state index contributed by atoms with van der Waals surface area (Å²) in [5, 5.41) is 3.22. The molecule has 0 aliphatic heterocycles. The summed E-state index contributed by atoms with van der Waals surface area (Å²) in [5.74, 6) is -0.581. The third-order valence-corrected chi connectivity index (χ3v) is 3.68. The van der Waals surface area contributed by atoms with Gasteiger partial charge in [0.2, 0.25) is 5.56 Å². The number of amides is 3. The number of anilines is 1. The number of pyridine rings is 1. The topological polar surface area (TPSA) is 103 Å². The Balaban J connectivity index is 1.72. The number of H-pyrrole nitrogens is 1. The monoisotopic (exact) mass is 336 g/mol. The van der Waals surface area contributed by atoms with Crippen LogP contribution in [0.2, 0.25) is 0 Å². The van der Waals surface area contributed by atoms with Crippen LogP contribution in [-0.4, -0.2) is 16.9 Å². The molecule has 3 rings (SSSR count). The molecule has 0 unspecified atom stereocenters. The standard InChI is InChI=1S/C18H16N4O3/c1-11-6-2-4-8-14(11)20-18(25)22-21-17(24)13-10-16(23)19-15-9-5-3-7-12(13)15/h2-10H,1H3,(H,19,23)(H,21,24)(H2,20,22,25). The third-order valence-electron chi connectivity index (χ3n) is 3.68. The predicted molar refractivity (Wildman–Crippen MR) is 95.4 cm³/mol. The van der Waals surface area contributed by atoms with Gasteiger partial charge in [0, 0.05) is 22.7 Å². The van der Waals surface area contributed by atoms with Crippen LogP contribution in [0.3, 0.4) is 0 Å². The van der Waals surface area contributed by atoms with Gasteiger partial charge in [0.15, 0.2) is 0 Å². The molecule has 0 saturated carbocycles. The Morgan fingerprint density at radius 2 is 1.68 bits per heavy atom. The highest BCUT2D eigenvalue weighted by Gasteiger charge is 2.12. The number of aryl methyl sites for hydroxylation is 1. The smallest absolute Gasteiger partial charge is 0.322 e. The summed E-state index contributed by atoms with van der Waals surface area (Å²) in [6.45, 7) is 1.86. The number of rotatable bonds is 2. The Kier molecular flexibility index (Phi) is 4.47. The van der Waals surface area contributed by atoms with Crippen molar-refractivity contribution in [2.24, 2.45) is 0 Å². The van der Waals surface area contributed by atoms with Crippen molar-refractivity contribution >= 4 is 28.5 Å². The molecule has 0 bridgehead atoms. The molecule has 0 spiro atoms. The second-order valence-corrected chi connectivity index (χ2v) is 5.44. The van der Waals surface area contributed by atoms with Gasteiger partial charge in [-0.2, -0.15) is 0 Å². The number of para-hydroxylation sites is 2. The lowest BCUT2D eigenvalue weighted by Crippen LogP contribution is -2.44. The fraction of sp³-hybridized carbons (Fsp3) is 0.0556. The molecule has 7 heteroatoms. The van der Waals surface area contributed by atoms with Crippen LogP contribution in [-0.2, 0) is 0 Å². The molecule has 4 N–H and O–H groups in total. The average molecular weight is 336 g/mol. The fourth-order valence-electron chi connectivity index (χ4n) is 2.44. The SMILES string of the molecule is Cc1ccccc1NC(=O)NNC(=O)c1cc(=O)[nH]c2ccccc12. The number of benzene rings is 2. The van der Waals surface area contributed by atoms with E-state index in [-0.39, 0.29) is 5.56 Å². The highest BCUT2D eigenvalue weighted by Crippen LogP contribution is 2.14. The molecule has 0 fully saturated rings. The second kappa shape index (κ2) is 6.88. The van der Waals surface area contributed by atoms with E-state index < -0.39 is 17.5 Å². The number of nitrogens with one attached hydrogen (secondary N) is 4. The Morgan fingerprint density at radius 1 is 0.960 bits per heavy atom. The third kappa shape index (κ3) is 3.66. The first-order valence-electron chi connectivity index (χ1n) is 7.59. The molecule has 126 valence electrons. The van der Waals surface area contributed by atoms with Crippen LogP contribution >= 0.6 is 0 Å². The molecule has 1 heterocycles. The zero-order chi connectivity index (χ0) is 17.8. The first kappa shape index (κ1) is 16.3. The Labute approximate surface area is 143 Å². The minimum absolute atomic E-state index is 0.176. The number of hydrazine groups is 1. The number of hydrogen-bond donors (Lipinski definition) is 4. The summed E-state index contributed by atoms with van der Waals surface area (Å²) < 4.78 is 0. The number of carbonyl (C=O) groups is 2. The maximum atomic E-state index is 12.3. The van der Waals surface area contributed by atoms with Gasteiger partial charge in [-0.15, -0.1) is 0 Å². The summed E-state index contributed by atoms with van der Waals surface area (Å²) >= 11 is 0. The van der Waals surface area contributed by atoms with Crippen molar-refractivity contribution in [3.8, 4) is 0 Å². The molecule has 3 amide bonds. The van der Waals surface area contributed by atoms with Crippen LogP contribution in [0.1, 0.15) is 15.9 Å². The summed E-state index contributed by atoms with van der Waals surface area (Å²) in [5.41, 5.74) is 6.44. The van der Waals surface area contributed by atoms with E-state index in [1.807, 2.05) is 19.1 Å². The van der Waals surface area contributed by atoms with Gasteiger partial charge in [0.25, 0.3) is 5.91 Å². The van der Waals surface area contributed by atoms with Gasteiger partial charge in [-0.05, 0) is 24.6 Å². The number of urea groups is 1. The molecular formula is C18H16N4O3. The van der Waals surface area contributed by atoms with E-state index in [9.17, 15) is 14.4 Å².